The van der Waals surface area contributed by atoms with Crippen LogP contribution < -0.4 is 16.1 Å². The molecule has 0 saturated carbocycles. The van der Waals surface area contributed by atoms with Gasteiger partial charge in [0.25, 0.3) is 0 Å². The third-order valence-electron chi connectivity index (χ3n) is 6.29. The SMILES string of the molecule is CC1(C)OB(c2ccc(P(c3ccccc3)C3C=CCCC3)cc2)OC1(C)C. The van der Waals surface area contributed by atoms with Crippen molar-refractivity contribution in [2.24, 2.45) is 0 Å². The van der Waals surface area contributed by atoms with Crippen molar-refractivity contribution in [1.82, 2.24) is 0 Å². The quantitative estimate of drug-likeness (QED) is 0.433. The lowest BCUT2D eigenvalue weighted by Gasteiger charge is -2.32. The first kappa shape index (κ1) is 19.9. The molecule has 2 aromatic carbocycles. The molecule has 4 rings (SSSR count). The molecule has 28 heavy (non-hydrogen) atoms. The summed E-state index contributed by atoms with van der Waals surface area (Å²) in [7, 11) is -0.695. The Bertz CT molecular complexity index is 813. The molecule has 2 unspecified atom stereocenters. The number of rotatable bonds is 4. The maximum Gasteiger partial charge on any atom is 0.494 e. The average molecular weight is 392 g/mol. The van der Waals surface area contributed by atoms with E-state index in [1.165, 1.54) is 29.9 Å². The molecule has 0 spiro atoms. The normalized spacial score (nSPS) is 24.3. The molecule has 1 saturated heterocycles. The summed E-state index contributed by atoms with van der Waals surface area (Å²) in [6, 6.07) is 20.0. The summed E-state index contributed by atoms with van der Waals surface area (Å²) >= 11 is 0. The molecule has 146 valence electrons. The van der Waals surface area contributed by atoms with E-state index in [0.29, 0.717) is 5.66 Å². The van der Waals surface area contributed by atoms with E-state index in [1.807, 2.05) is 0 Å². The van der Waals surface area contributed by atoms with E-state index < -0.39 is 7.92 Å². The molecule has 0 aromatic heterocycles. The standard InChI is InChI=1S/C24H30BO2P/c1-23(2)24(3,4)27-25(26-23)19-15-17-22(18-16-19)28(20-11-7-5-8-12-20)21-13-9-6-10-14-21/h5,7-9,11-13,15-18,21H,6,10,14H2,1-4H3. The van der Waals surface area contributed by atoms with Crippen molar-refractivity contribution in [3.8, 4) is 0 Å². The summed E-state index contributed by atoms with van der Waals surface area (Å²) in [5.41, 5.74) is 1.11. The van der Waals surface area contributed by atoms with Gasteiger partial charge in [-0.15, -0.1) is 0 Å². The molecule has 2 aromatic rings. The molecule has 0 bridgehead atoms. The van der Waals surface area contributed by atoms with Crippen molar-refractivity contribution in [3.05, 3.63) is 66.7 Å². The molecule has 1 aliphatic heterocycles. The summed E-state index contributed by atoms with van der Waals surface area (Å²) in [6.45, 7) is 8.41. The van der Waals surface area contributed by atoms with E-state index in [1.54, 1.807) is 0 Å². The van der Waals surface area contributed by atoms with Gasteiger partial charge in [-0.2, -0.15) is 0 Å². The molecule has 2 atom stereocenters. The van der Waals surface area contributed by atoms with Crippen molar-refractivity contribution < 1.29 is 9.31 Å². The van der Waals surface area contributed by atoms with Gasteiger partial charge in [0, 0.05) is 5.66 Å². The van der Waals surface area contributed by atoms with Gasteiger partial charge in [0.1, 0.15) is 0 Å². The Morgan fingerprint density at radius 3 is 2.04 bits per heavy atom. The van der Waals surface area contributed by atoms with Gasteiger partial charge in [0.15, 0.2) is 0 Å². The highest BCUT2D eigenvalue weighted by atomic mass is 31.1. The zero-order valence-electron chi connectivity index (χ0n) is 17.4. The van der Waals surface area contributed by atoms with Crippen LogP contribution in [0.4, 0.5) is 0 Å². The topological polar surface area (TPSA) is 18.5 Å². The van der Waals surface area contributed by atoms with Gasteiger partial charge in [-0.25, -0.2) is 0 Å². The fourth-order valence-corrected chi connectivity index (χ4v) is 6.66. The highest BCUT2D eigenvalue weighted by Crippen LogP contribution is 2.44. The predicted molar refractivity (Wildman–Crippen MR) is 122 cm³/mol. The van der Waals surface area contributed by atoms with E-state index in [0.717, 1.165) is 5.46 Å². The highest BCUT2D eigenvalue weighted by molar-refractivity contribution is 7.73. The minimum Gasteiger partial charge on any atom is -0.399 e. The number of hydrogen-bond acceptors (Lipinski definition) is 2. The highest BCUT2D eigenvalue weighted by Gasteiger charge is 2.51. The smallest absolute Gasteiger partial charge is 0.399 e. The van der Waals surface area contributed by atoms with Crippen LogP contribution in [0.25, 0.3) is 0 Å². The minimum absolute atomic E-state index is 0.295. The van der Waals surface area contributed by atoms with Gasteiger partial charge in [0.05, 0.1) is 11.2 Å². The fraction of sp³-hybridized carbons (Fsp3) is 0.417. The third-order valence-corrected chi connectivity index (χ3v) is 9.09. The third kappa shape index (κ3) is 3.86. The first-order chi connectivity index (χ1) is 13.4. The van der Waals surface area contributed by atoms with Crippen molar-refractivity contribution >= 4 is 31.1 Å². The molecule has 1 fully saturated rings. The number of allylic oxidation sites excluding steroid dienone is 2. The van der Waals surface area contributed by atoms with Gasteiger partial charge >= 0.3 is 7.12 Å². The van der Waals surface area contributed by atoms with Crippen LogP contribution in [-0.4, -0.2) is 24.0 Å². The molecule has 0 N–H and O–H groups in total. The van der Waals surface area contributed by atoms with Gasteiger partial charge in [0.2, 0.25) is 0 Å². The monoisotopic (exact) mass is 392 g/mol. The molecular weight excluding hydrogens is 362 g/mol. The molecule has 1 aliphatic carbocycles. The van der Waals surface area contributed by atoms with Crippen LogP contribution in [-0.2, 0) is 9.31 Å². The molecule has 4 heteroatoms. The lowest BCUT2D eigenvalue weighted by atomic mass is 9.79. The molecular formula is C24H30BO2P. The van der Waals surface area contributed by atoms with Crippen molar-refractivity contribution in [3.63, 3.8) is 0 Å². The van der Waals surface area contributed by atoms with Crippen LogP contribution >= 0.6 is 7.92 Å². The van der Waals surface area contributed by atoms with E-state index in [9.17, 15) is 0 Å². The Kier molecular flexibility index (Phi) is 5.53. The Balaban J connectivity index is 1.62. The van der Waals surface area contributed by atoms with Crippen molar-refractivity contribution in [2.45, 2.75) is 63.8 Å². The van der Waals surface area contributed by atoms with Gasteiger partial charge in [-0.1, -0.05) is 66.7 Å². The molecule has 0 radical (unpaired) electrons. The maximum absolute atomic E-state index is 6.22. The molecule has 0 amide bonds. The first-order valence-electron chi connectivity index (χ1n) is 10.3. The van der Waals surface area contributed by atoms with Gasteiger partial charge < -0.3 is 9.31 Å². The Hall–Kier alpha value is -1.41. The Labute approximate surface area is 171 Å². The van der Waals surface area contributed by atoms with E-state index in [-0.39, 0.29) is 18.3 Å². The second kappa shape index (κ2) is 7.79. The largest absolute Gasteiger partial charge is 0.494 e. The van der Waals surface area contributed by atoms with Crippen LogP contribution in [0.3, 0.4) is 0 Å². The predicted octanol–water partition coefficient (Wildman–Crippen LogP) is 4.53. The van der Waals surface area contributed by atoms with E-state index in [4.69, 9.17) is 9.31 Å². The second-order valence-corrected chi connectivity index (χ2v) is 11.2. The van der Waals surface area contributed by atoms with Crippen LogP contribution in [0.5, 0.6) is 0 Å². The zero-order chi connectivity index (χ0) is 19.8. The van der Waals surface area contributed by atoms with Gasteiger partial charge in [-0.05, 0) is 71.0 Å². The zero-order valence-corrected chi connectivity index (χ0v) is 18.3. The lowest BCUT2D eigenvalue weighted by molar-refractivity contribution is 0.00578. The first-order valence-corrected chi connectivity index (χ1v) is 11.7. The number of hydrogen-bond donors (Lipinski definition) is 0. The van der Waals surface area contributed by atoms with Crippen LogP contribution in [0, 0.1) is 0 Å². The molecule has 1 heterocycles. The maximum atomic E-state index is 6.22. The average Bonchev–Trinajstić information content (AvgIpc) is 2.92. The summed E-state index contributed by atoms with van der Waals surface area (Å²) in [5, 5.41) is 2.88. The van der Waals surface area contributed by atoms with Crippen LogP contribution in [0.15, 0.2) is 66.7 Å². The van der Waals surface area contributed by atoms with Crippen molar-refractivity contribution in [2.75, 3.05) is 0 Å². The summed E-state index contributed by atoms with van der Waals surface area (Å²) in [4.78, 5) is 0. The molecule has 2 nitrogen and oxygen atoms in total. The fourth-order valence-electron chi connectivity index (χ4n) is 3.90. The Morgan fingerprint density at radius 1 is 0.857 bits per heavy atom. The van der Waals surface area contributed by atoms with Crippen LogP contribution in [0.1, 0.15) is 47.0 Å². The Morgan fingerprint density at radius 2 is 1.46 bits per heavy atom. The summed E-state index contributed by atoms with van der Waals surface area (Å²) in [6.07, 6.45) is 8.60. The van der Waals surface area contributed by atoms with E-state index >= 15 is 0 Å². The lowest BCUT2D eigenvalue weighted by Crippen LogP contribution is -2.41. The van der Waals surface area contributed by atoms with Crippen molar-refractivity contribution in [1.29, 1.82) is 0 Å². The summed E-state index contributed by atoms with van der Waals surface area (Å²) < 4.78 is 12.4. The molecule has 2 aliphatic rings. The van der Waals surface area contributed by atoms with E-state index in [2.05, 4.69) is 94.4 Å². The second-order valence-electron chi connectivity index (χ2n) is 8.81. The summed E-state index contributed by atoms with van der Waals surface area (Å²) in [5.74, 6) is 0. The number of benzene rings is 2. The van der Waals surface area contributed by atoms with Gasteiger partial charge in [-0.3, -0.25) is 0 Å². The van der Waals surface area contributed by atoms with Crippen LogP contribution in [0.2, 0.25) is 0 Å². The minimum atomic E-state index is -0.400.